The molecule has 168 valence electrons. The standard InChI is InChI=1S/C20H32O6S2.CH4/c1-3-16(20(24)25)13-28-19-5-4-18(19)27-12-15(11-21)10-17(23)7-9-26-8-6-14(2)22;/h11,15-16,18-19H,3-10,12-13H2,1-2H3,(H,24,25);1H4/i;1D. The van der Waals surface area contributed by atoms with E-state index in [2.05, 4.69) is 0 Å². The van der Waals surface area contributed by atoms with Crippen molar-refractivity contribution in [1.29, 1.82) is 0 Å². The predicted molar refractivity (Wildman–Crippen MR) is 120 cm³/mol. The van der Waals surface area contributed by atoms with Crippen molar-refractivity contribution >= 4 is 47.3 Å². The Morgan fingerprint density at radius 3 is 2.24 bits per heavy atom. The monoisotopic (exact) mass is 449 g/mol. The molecule has 0 spiro atoms. The summed E-state index contributed by atoms with van der Waals surface area (Å²) in [5.74, 6) is 0.00345. The molecule has 0 radical (unpaired) electrons. The third-order valence-corrected chi connectivity index (χ3v) is 8.21. The number of hydrogen-bond donors (Lipinski definition) is 1. The van der Waals surface area contributed by atoms with Gasteiger partial charge in [0.05, 0.1) is 19.1 Å². The summed E-state index contributed by atoms with van der Waals surface area (Å²) in [5.41, 5.74) is 0. The molecule has 1 N–H and O–H groups in total. The van der Waals surface area contributed by atoms with Gasteiger partial charge in [-0.05, 0) is 26.2 Å². The number of thioether (sulfide) groups is 2. The van der Waals surface area contributed by atoms with Crippen molar-refractivity contribution < 1.29 is 30.4 Å². The Morgan fingerprint density at radius 2 is 1.76 bits per heavy atom. The molecule has 1 fully saturated rings. The van der Waals surface area contributed by atoms with Gasteiger partial charge in [-0.25, -0.2) is 0 Å². The molecular formula is C21H36O6S2. The molecule has 1 aliphatic carbocycles. The Kier molecular flexibility index (Phi) is 14.4. The average molecular weight is 450 g/mol. The number of ether oxygens (including phenoxy) is 1. The zero-order chi connectivity index (χ0) is 22.9. The molecule has 0 aromatic carbocycles. The molecule has 0 bridgehead atoms. The Balaban J connectivity index is 0.00000407. The lowest BCUT2D eigenvalue weighted by molar-refractivity contribution is -0.141. The van der Waals surface area contributed by atoms with Crippen molar-refractivity contribution in [2.24, 2.45) is 11.8 Å². The fourth-order valence-electron chi connectivity index (χ4n) is 2.72. The third kappa shape index (κ3) is 11.8. The normalized spacial score (nSPS) is 20.3. The second-order valence-corrected chi connectivity index (χ2v) is 9.76. The molecule has 0 heterocycles. The van der Waals surface area contributed by atoms with E-state index in [-0.39, 0.29) is 42.9 Å². The van der Waals surface area contributed by atoms with Crippen LogP contribution in [0.1, 0.15) is 61.1 Å². The maximum absolute atomic E-state index is 12.0. The molecule has 1 saturated carbocycles. The highest BCUT2D eigenvalue weighted by Gasteiger charge is 2.33. The Hall–Kier alpha value is -0.860. The van der Waals surface area contributed by atoms with Gasteiger partial charge < -0.3 is 14.6 Å². The van der Waals surface area contributed by atoms with Crippen LogP contribution < -0.4 is 0 Å². The Labute approximate surface area is 184 Å². The Morgan fingerprint density at radius 1 is 1.17 bits per heavy atom. The average Bonchev–Trinajstić information content (AvgIpc) is 2.70. The van der Waals surface area contributed by atoms with Gasteiger partial charge in [-0.3, -0.25) is 14.4 Å². The molecule has 4 unspecified atom stereocenters. The first-order chi connectivity index (χ1) is 14.4. The maximum atomic E-state index is 12.0. The van der Waals surface area contributed by atoms with Crippen LogP contribution in [0.25, 0.3) is 0 Å². The van der Waals surface area contributed by atoms with Crippen LogP contribution in [0.2, 0.25) is 0 Å². The SMILES string of the molecule is CCC(CSC1CCC1SCC(C=O)CC(=O)CCOCCC(C)=O)C(=O)O.[2H]C. The number of carbonyl (C=O) groups excluding carboxylic acids is 3. The number of hydrogen-bond acceptors (Lipinski definition) is 7. The van der Waals surface area contributed by atoms with Crippen LogP contribution in [-0.4, -0.2) is 64.1 Å². The van der Waals surface area contributed by atoms with Crippen molar-refractivity contribution in [2.45, 2.75) is 70.3 Å². The van der Waals surface area contributed by atoms with Crippen LogP contribution in [-0.2, 0) is 23.9 Å². The van der Waals surface area contributed by atoms with E-state index in [1.807, 2.05) is 6.92 Å². The van der Waals surface area contributed by atoms with Crippen LogP contribution in [0.3, 0.4) is 0 Å². The molecule has 0 saturated heterocycles. The fraction of sp³-hybridized carbons (Fsp3) is 0.810. The number of aliphatic carboxylic acids is 1. The lowest BCUT2D eigenvalue weighted by Gasteiger charge is -2.36. The molecular weight excluding hydrogens is 412 g/mol. The van der Waals surface area contributed by atoms with Crippen LogP contribution >= 0.6 is 23.5 Å². The summed E-state index contributed by atoms with van der Waals surface area (Å²) in [5, 5.41) is 10.0. The molecule has 0 aromatic heterocycles. The molecule has 0 aromatic rings. The highest BCUT2D eigenvalue weighted by atomic mass is 32.2. The van der Waals surface area contributed by atoms with Gasteiger partial charge in [0.1, 0.15) is 17.9 Å². The number of ketones is 2. The number of carboxylic acid groups (broad SMARTS) is 1. The summed E-state index contributed by atoms with van der Waals surface area (Å²) in [6.45, 7) is 4.01. The summed E-state index contributed by atoms with van der Waals surface area (Å²) in [4.78, 5) is 45.2. The first-order valence-corrected chi connectivity index (χ1v) is 12.0. The van der Waals surface area contributed by atoms with E-state index in [1.54, 1.807) is 23.5 Å². The second kappa shape index (κ2) is 15.9. The minimum absolute atomic E-state index is 0.00676. The van der Waals surface area contributed by atoms with Gasteiger partial charge in [0, 0.05) is 48.6 Å². The van der Waals surface area contributed by atoms with E-state index < -0.39 is 5.97 Å². The van der Waals surface area contributed by atoms with Gasteiger partial charge >= 0.3 is 5.97 Å². The predicted octanol–water partition coefficient (Wildman–Crippen LogP) is 3.89. The molecule has 6 nitrogen and oxygen atoms in total. The third-order valence-electron chi connectivity index (χ3n) is 4.83. The van der Waals surface area contributed by atoms with E-state index in [0.29, 0.717) is 41.5 Å². The zero-order valence-electron chi connectivity index (χ0n) is 18.8. The lowest BCUT2D eigenvalue weighted by atomic mass is 9.99. The summed E-state index contributed by atoms with van der Waals surface area (Å²) in [6.07, 6.45) is 4.52. The molecule has 0 amide bonds. The first-order valence-electron chi connectivity index (χ1n) is 10.9. The number of Topliss-reactive ketones (excluding diaryl/α,β-unsaturated/α-hetero) is 2. The zero-order valence-corrected chi connectivity index (χ0v) is 19.4. The van der Waals surface area contributed by atoms with Crippen LogP contribution in [0, 0.1) is 11.8 Å². The van der Waals surface area contributed by atoms with Crippen LogP contribution in [0.4, 0.5) is 0 Å². The van der Waals surface area contributed by atoms with Crippen LogP contribution in [0.15, 0.2) is 0 Å². The van der Waals surface area contributed by atoms with Crippen molar-refractivity contribution in [2.75, 3.05) is 24.7 Å². The van der Waals surface area contributed by atoms with Gasteiger partial charge in [-0.1, -0.05) is 14.3 Å². The quantitative estimate of drug-likeness (QED) is 0.264. The van der Waals surface area contributed by atoms with Gasteiger partial charge in [-0.15, -0.1) is 0 Å². The largest absolute Gasteiger partial charge is 0.481 e. The maximum Gasteiger partial charge on any atom is 0.307 e. The highest BCUT2D eigenvalue weighted by Crippen LogP contribution is 2.41. The summed E-state index contributed by atoms with van der Waals surface area (Å²) in [7, 11) is 1.25. The van der Waals surface area contributed by atoms with Crippen molar-refractivity contribution in [3.63, 3.8) is 0 Å². The summed E-state index contributed by atoms with van der Waals surface area (Å²) in [6, 6.07) is 0. The number of rotatable bonds is 17. The first kappa shape index (κ1) is 26.2. The van der Waals surface area contributed by atoms with E-state index in [0.717, 1.165) is 19.1 Å². The highest BCUT2D eigenvalue weighted by molar-refractivity contribution is 8.04. The minimum Gasteiger partial charge on any atom is -0.481 e. The molecule has 0 aliphatic heterocycles. The van der Waals surface area contributed by atoms with Crippen molar-refractivity contribution in [3.05, 3.63) is 0 Å². The molecule has 1 aliphatic rings. The number of aldehydes is 1. The molecule has 8 heteroatoms. The summed E-state index contributed by atoms with van der Waals surface area (Å²) >= 11 is 3.45. The molecule has 4 atom stereocenters. The van der Waals surface area contributed by atoms with Crippen molar-refractivity contribution in [1.82, 2.24) is 0 Å². The van der Waals surface area contributed by atoms with Gasteiger partial charge in [0.15, 0.2) is 0 Å². The minimum atomic E-state index is -0.733. The van der Waals surface area contributed by atoms with Gasteiger partial charge in [0.25, 0.3) is 0 Å². The smallest absolute Gasteiger partial charge is 0.307 e. The number of carbonyl (C=O) groups is 4. The van der Waals surface area contributed by atoms with Crippen molar-refractivity contribution in [3.8, 4) is 0 Å². The van der Waals surface area contributed by atoms with Gasteiger partial charge in [0.2, 0.25) is 0 Å². The number of carboxylic acids is 1. The van der Waals surface area contributed by atoms with E-state index in [9.17, 15) is 19.2 Å². The molecule has 1 rings (SSSR count). The van der Waals surface area contributed by atoms with E-state index >= 15 is 0 Å². The lowest BCUT2D eigenvalue weighted by Crippen LogP contribution is -2.34. The second-order valence-electron chi connectivity index (χ2n) is 7.22. The van der Waals surface area contributed by atoms with Crippen LogP contribution in [0.5, 0.6) is 0 Å². The molecule has 29 heavy (non-hydrogen) atoms. The topological polar surface area (TPSA) is 97.7 Å². The van der Waals surface area contributed by atoms with Gasteiger partial charge in [-0.2, -0.15) is 23.5 Å². The Bertz CT molecular complexity index is 532. The van der Waals surface area contributed by atoms with E-state index in [4.69, 9.17) is 11.2 Å². The van der Waals surface area contributed by atoms with E-state index in [1.165, 1.54) is 14.3 Å². The fourth-order valence-corrected chi connectivity index (χ4v) is 6.04. The summed E-state index contributed by atoms with van der Waals surface area (Å²) < 4.78 is 11.0.